The molecule has 24 heavy (non-hydrogen) atoms. The Kier molecular flexibility index (Phi) is 4.96. The van der Waals surface area contributed by atoms with Crippen LogP contribution in [0.3, 0.4) is 0 Å². The number of aromatic nitrogens is 1. The molecule has 1 N–H and O–H groups in total. The van der Waals surface area contributed by atoms with Gasteiger partial charge in [-0.3, -0.25) is 24.3 Å². The van der Waals surface area contributed by atoms with Gasteiger partial charge in [0.15, 0.2) is 0 Å². The quantitative estimate of drug-likeness (QED) is 0.672. The predicted molar refractivity (Wildman–Crippen MR) is 86.9 cm³/mol. The number of nitrogens with one attached hydrogen (secondary N) is 1. The third kappa shape index (κ3) is 3.77. The van der Waals surface area contributed by atoms with Crippen LogP contribution in [0.1, 0.15) is 11.1 Å². The van der Waals surface area contributed by atoms with Gasteiger partial charge >= 0.3 is 0 Å². The molecule has 1 aromatic carbocycles. The van der Waals surface area contributed by atoms with Crippen LogP contribution in [0, 0.1) is 28.4 Å². The molecule has 0 bridgehead atoms. The van der Waals surface area contributed by atoms with E-state index in [0.717, 1.165) is 22.4 Å². The van der Waals surface area contributed by atoms with Crippen molar-refractivity contribution in [1.82, 2.24) is 4.57 Å². The molecule has 0 unspecified atom stereocenters. The van der Waals surface area contributed by atoms with Crippen molar-refractivity contribution >= 4 is 28.9 Å². The summed E-state index contributed by atoms with van der Waals surface area (Å²) in [4.78, 5) is 34.2. The first-order valence-corrected chi connectivity index (χ1v) is 7.04. The van der Waals surface area contributed by atoms with Gasteiger partial charge in [0.1, 0.15) is 18.2 Å². The molecule has 0 radical (unpaired) electrons. The predicted octanol–water partition coefficient (Wildman–Crippen LogP) is 2.23. The number of rotatable bonds is 4. The van der Waals surface area contributed by atoms with Crippen molar-refractivity contribution in [2.24, 2.45) is 0 Å². The van der Waals surface area contributed by atoms with E-state index in [1.54, 1.807) is 31.2 Å². The number of pyridine rings is 1. The number of carbonyl (C=O) groups excluding carboxylic acids is 1. The monoisotopic (exact) mass is 346 g/mol. The first kappa shape index (κ1) is 17.2. The highest BCUT2D eigenvalue weighted by atomic mass is 35.5. The van der Waals surface area contributed by atoms with Gasteiger partial charge in [-0.05, 0) is 30.7 Å². The number of nitro groups is 1. The van der Waals surface area contributed by atoms with Crippen LogP contribution in [-0.2, 0) is 11.3 Å². The second-order valence-electron chi connectivity index (χ2n) is 4.92. The fourth-order valence-electron chi connectivity index (χ4n) is 2.03. The van der Waals surface area contributed by atoms with Crippen LogP contribution in [0.25, 0.3) is 0 Å². The molecule has 0 spiro atoms. The van der Waals surface area contributed by atoms with Gasteiger partial charge in [-0.2, -0.15) is 5.26 Å². The standard InChI is InChI=1S/C15H11ClN4O4/c1-9-4-11(16)2-3-13(9)18-14(21)8-19-7-12(20(23)24)5-10(6-17)15(19)22/h2-5,7H,8H2,1H3,(H,18,21). The van der Waals surface area contributed by atoms with Crippen molar-refractivity contribution < 1.29 is 9.72 Å². The number of benzene rings is 1. The van der Waals surface area contributed by atoms with Gasteiger partial charge < -0.3 is 5.32 Å². The zero-order chi connectivity index (χ0) is 17.9. The fraction of sp³-hybridized carbons (Fsp3) is 0.133. The summed E-state index contributed by atoms with van der Waals surface area (Å²) in [6.07, 6.45) is 0.928. The zero-order valence-corrected chi connectivity index (χ0v) is 13.2. The van der Waals surface area contributed by atoms with Crippen LogP contribution in [0.4, 0.5) is 11.4 Å². The molecular weight excluding hydrogens is 336 g/mol. The maximum atomic E-state index is 12.1. The van der Waals surface area contributed by atoms with E-state index >= 15 is 0 Å². The molecule has 0 aliphatic heterocycles. The Labute approximate surface area is 141 Å². The minimum absolute atomic E-state index is 0.403. The molecule has 0 atom stereocenters. The summed E-state index contributed by atoms with van der Waals surface area (Å²) >= 11 is 5.83. The largest absolute Gasteiger partial charge is 0.324 e. The molecule has 1 amide bonds. The first-order chi connectivity index (χ1) is 11.3. The van der Waals surface area contributed by atoms with Gasteiger partial charge in [-0.15, -0.1) is 0 Å². The molecule has 0 aliphatic carbocycles. The van der Waals surface area contributed by atoms with E-state index < -0.39 is 34.2 Å². The molecule has 8 nitrogen and oxygen atoms in total. The lowest BCUT2D eigenvalue weighted by molar-refractivity contribution is -0.385. The van der Waals surface area contributed by atoms with Crippen LogP contribution in [-0.4, -0.2) is 15.4 Å². The maximum Gasteiger partial charge on any atom is 0.287 e. The van der Waals surface area contributed by atoms with Gasteiger partial charge in [0.05, 0.1) is 11.1 Å². The highest BCUT2D eigenvalue weighted by Gasteiger charge is 2.16. The lowest BCUT2D eigenvalue weighted by Crippen LogP contribution is -2.29. The lowest BCUT2D eigenvalue weighted by Gasteiger charge is -2.10. The minimum Gasteiger partial charge on any atom is -0.324 e. The van der Waals surface area contributed by atoms with Crippen molar-refractivity contribution in [3.8, 4) is 6.07 Å². The number of anilines is 1. The first-order valence-electron chi connectivity index (χ1n) is 6.67. The number of nitriles is 1. The average molecular weight is 347 g/mol. The molecule has 1 heterocycles. The number of halogens is 1. The van der Waals surface area contributed by atoms with Gasteiger partial charge in [0.25, 0.3) is 11.2 Å². The SMILES string of the molecule is Cc1cc(Cl)ccc1NC(=O)Cn1cc([N+](=O)[O-])cc(C#N)c1=O. The fourth-order valence-corrected chi connectivity index (χ4v) is 2.26. The Morgan fingerprint density at radius 3 is 2.75 bits per heavy atom. The van der Waals surface area contributed by atoms with Gasteiger partial charge in [0.2, 0.25) is 5.91 Å². The number of hydrogen-bond acceptors (Lipinski definition) is 5. The molecule has 0 saturated heterocycles. The second-order valence-corrected chi connectivity index (χ2v) is 5.36. The van der Waals surface area contributed by atoms with E-state index in [1.807, 2.05) is 0 Å². The Morgan fingerprint density at radius 1 is 1.46 bits per heavy atom. The van der Waals surface area contributed by atoms with E-state index in [2.05, 4.69) is 5.32 Å². The van der Waals surface area contributed by atoms with Gasteiger partial charge in [-0.1, -0.05) is 11.6 Å². The van der Waals surface area contributed by atoms with E-state index in [4.69, 9.17) is 16.9 Å². The normalized spacial score (nSPS) is 10.0. The van der Waals surface area contributed by atoms with Crippen molar-refractivity contribution in [2.45, 2.75) is 13.5 Å². The molecule has 9 heteroatoms. The Morgan fingerprint density at radius 2 is 2.17 bits per heavy atom. The Hall–Kier alpha value is -3.18. The molecule has 122 valence electrons. The Bertz CT molecular complexity index is 930. The zero-order valence-electron chi connectivity index (χ0n) is 12.4. The number of carbonyl (C=O) groups is 1. The van der Waals surface area contributed by atoms with E-state index in [0.29, 0.717) is 10.7 Å². The molecular formula is C15H11ClN4O4. The molecule has 0 fully saturated rings. The summed E-state index contributed by atoms with van der Waals surface area (Å²) in [5, 5.41) is 22.8. The molecule has 2 aromatic rings. The van der Waals surface area contributed by atoms with E-state index in [-0.39, 0.29) is 0 Å². The Balaban J connectivity index is 2.29. The summed E-state index contributed by atoms with van der Waals surface area (Å²) in [6, 6.07) is 7.32. The molecule has 2 rings (SSSR count). The second kappa shape index (κ2) is 6.93. The third-order valence-corrected chi connectivity index (χ3v) is 3.41. The van der Waals surface area contributed by atoms with Crippen LogP contribution in [0.5, 0.6) is 0 Å². The lowest BCUT2D eigenvalue weighted by atomic mass is 10.2. The summed E-state index contributed by atoms with van der Waals surface area (Å²) in [7, 11) is 0. The number of hydrogen-bond donors (Lipinski definition) is 1. The van der Waals surface area contributed by atoms with Crippen LogP contribution in [0.2, 0.25) is 5.02 Å². The van der Waals surface area contributed by atoms with Gasteiger partial charge in [-0.25, -0.2) is 0 Å². The summed E-state index contributed by atoms with van der Waals surface area (Å²) in [5.74, 6) is -0.563. The van der Waals surface area contributed by atoms with Crippen molar-refractivity contribution in [1.29, 1.82) is 5.26 Å². The smallest absolute Gasteiger partial charge is 0.287 e. The summed E-state index contributed by atoms with van der Waals surface area (Å²) in [5.41, 5.74) is -0.393. The van der Waals surface area contributed by atoms with Crippen molar-refractivity contribution in [3.63, 3.8) is 0 Å². The number of aryl methyl sites for hydroxylation is 1. The number of amides is 1. The molecule has 0 aliphatic rings. The third-order valence-electron chi connectivity index (χ3n) is 3.18. The number of nitrogens with zero attached hydrogens (tertiary/aromatic N) is 3. The van der Waals surface area contributed by atoms with E-state index in [9.17, 15) is 19.7 Å². The van der Waals surface area contributed by atoms with Crippen LogP contribution in [0.15, 0.2) is 35.3 Å². The topological polar surface area (TPSA) is 118 Å². The minimum atomic E-state index is -0.772. The molecule has 0 saturated carbocycles. The van der Waals surface area contributed by atoms with Crippen molar-refractivity contribution in [2.75, 3.05) is 5.32 Å². The molecule has 1 aromatic heterocycles. The highest BCUT2D eigenvalue weighted by Crippen LogP contribution is 2.19. The van der Waals surface area contributed by atoms with Crippen LogP contribution >= 0.6 is 11.6 Å². The maximum absolute atomic E-state index is 12.1. The summed E-state index contributed by atoms with van der Waals surface area (Å²) in [6.45, 7) is 1.28. The van der Waals surface area contributed by atoms with Crippen LogP contribution < -0.4 is 10.9 Å². The van der Waals surface area contributed by atoms with Gasteiger partial charge in [0, 0.05) is 16.8 Å². The summed E-state index contributed by atoms with van der Waals surface area (Å²) < 4.78 is 0.831. The highest BCUT2D eigenvalue weighted by molar-refractivity contribution is 6.30. The average Bonchev–Trinajstić information content (AvgIpc) is 2.51. The van der Waals surface area contributed by atoms with Crippen molar-refractivity contribution in [3.05, 3.63) is 67.1 Å². The van der Waals surface area contributed by atoms with E-state index in [1.165, 1.54) is 0 Å².